The third kappa shape index (κ3) is 2.48. The van der Waals surface area contributed by atoms with Crippen LogP contribution in [0.2, 0.25) is 0 Å². The Hall–Kier alpha value is -1.47. The summed E-state index contributed by atoms with van der Waals surface area (Å²) in [7, 11) is 1.74. The molecule has 7 heteroatoms. The molecule has 2 fully saturated rings. The number of carboxylic acid groups (broad SMARTS) is 1. The van der Waals surface area contributed by atoms with E-state index in [0.717, 1.165) is 25.6 Å². The van der Waals surface area contributed by atoms with Crippen molar-refractivity contribution in [3.63, 3.8) is 0 Å². The fourth-order valence-corrected chi connectivity index (χ4v) is 2.67. The van der Waals surface area contributed by atoms with Crippen molar-refractivity contribution >= 4 is 5.97 Å². The molecule has 0 spiro atoms. The van der Waals surface area contributed by atoms with E-state index in [4.69, 9.17) is 9.84 Å². The van der Waals surface area contributed by atoms with Gasteiger partial charge in [-0.3, -0.25) is 4.90 Å². The Kier molecular flexibility index (Phi) is 3.24. The molecular formula is C12H18N4O3. The maximum Gasteiger partial charge on any atom is 0.358 e. The standard InChI is InChI=1S/C12H18N4O3/c1-19-7-11(8-2-3-8)15-4-9(5-15)16-6-10(12(17)18)13-14-16/h6,8-9,11H,2-5,7H2,1H3,(H,17,18). The van der Waals surface area contributed by atoms with Crippen LogP contribution in [-0.4, -0.2) is 63.8 Å². The third-order valence-corrected chi connectivity index (χ3v) is 3.97. The lowest BCUT2D eigenvalue weighted by Gasteiger charge is -2.44. The van der Waals surface area contributed by atoms with Crippen molar-refractivity contribution in [3.8, 4) is 0 Å². The highest BCUT2D eigenvalue weighted by atomic mass is 16.5. The summed E-state index contributed by atoms with van der Waals surface area (Å²) in [5.41, 5.74) is 0.00841. The van der Waals surface area contributed by atoms with Crippen LogP contribution in [0.1, 0.15) is 29.4 Å². The van der Waals surface area contributed by atoms with E-state index in [1.54, 1.807) is 11.8 Å². The quantitative estimate of drug-likeness (QED) is 0.795. The normalized spacial score (nSPS) is 22.2. The minimum atomic E-state index is -1.03. The molecule has 0 radical (unpaired) electrons. The van der Waals surface area contributed by atoms with Gasteiger partial charge in [0.2, 0.25) is 0 Å². The van der Waals surface area contributed by atoms with Crippen LogP contribution in [0.3, 0.4) is 0 Å². The van der Waals surface area contributed by atoms with E-state index in [1.165, 1.54) is 19.0 Å². The topological polar surface area (TPSA) is 80.5 Å². The third-order valence-electron chi connectivity index (χ3n) is 3.97. The van der Waals surface area contributed by atoms with Gasteiger partial charge in [0.25, 0.3) is 0 Å². The molecule has 7 nitrogen and oxygen atoms in total. The average Bonchev–Trinajstić information content (AvgIpc) is 3.04. The van der Waals surface area contributed by atoms with Gasteiger partial charge >= 0.3 is 5.97 Å². The first-order valence-corrected chi connectivity index (χ1v) is 6.57. The fraction of sp³-hybridized carbons (Fsp3) is 0.750. The molecule has 1 N–H and O–H groups in total. The molecule has 1 aromatic rings. The van der Waals surface area contributed by atoms with Crippen molar-refractivity contribution in [1.29, 1.82) is 0 Å². The molecule has 1 unspecified atom stereocenters. The van der Waals surface area contributed by atoms with Gasteiger partial charge in [0.15, 0.2) is 5.69 Å². The Morgan fingerprint density at radius 2 is 2.32 bits per heavy atom. The minimum absolute atomic E-state index is 0.00841. The summed E-state index contributed by atoms with van der Waals surface area (Å²) in [6, 6.07) is 0.738. The number of carboxylic acids is 1. The summed E-state index contributed by atoms with van der Waals surface area (Å²) in [6.07, 6.45) is 4.09. The Balaban J connectivity index is 1.57. The van der Waals surface area contributed by atoms with Gasteiger partial charge in [0.05, 0.1) is 18.8 Å². The number of rotatable bonds is 6. The summed E-state index contributed by atoms with van der Waals surface area (Å²) in [5, 5.41) is 16.3. The van der Waals surface area contributed by atoms with Gasteiger partial charge in [-0.05, 0) is 18.8 Å². The summed E-state index contributed by atoms with van der Waals surface area (Å²) in [6.45, 7) is 2.56. The molecule has 1 aliphatic heterocycles. The van der Waals surface area contributed by atoms with E-state index in [1.807, 2.05) is 0 Å². The van der Waals surface area contributed by atoms with E-state index in [9.17, 15) is 4.79 Å². The number of aromatic nitrogens is 3. The summed E-state index contributed by atoms with van der Waals surface area (Å²) in [4.78, 5) is 13.2. The van der Waals surface area contributed by atoms with E-state index >= 15 is 0 Å². The number of hydrogen-bond donors (Lipinski definition) is 1. The lowest BCUT2D eigenvalue weighted by Crippen LogP contribution is -2.55. The first kappa shape index (κ1) is 12.6. The number of nitrogens with zero attached hydrogens (tertiary/aromatic N) is 4. The lowest BCUT2D eigenvalue weighted by molar-refractivity contribution is 0.00304. The van der Waals surface area contributed by atoms with Gasteiger partial charge in [0, 0.05) is 26.2 Å². The number of likely N-dealkylation sites (tertiary alicyclic amines) is 1. The maximum absolute atomic E-state index is 10.8. The largest absolute Gasteiger partial charge is 0.476 e. The van der Waals surface area contributed by atoms with Gasteiger partial charge < -0.3 is 9.84 Å². The monoisotopic (exact) mass is 266 g/mol. The van der Waals surface area contributed by atoms with Gasteiger partial charge in [-0.25, -0.2) is 9.48 Å². The Bertz CT molecular complexity index is 465. The molecule has 2 heterocycles. The number of hydrogen-bond acceptors (Lipinski definition) is 5. The van der Waals surface area contributed by atoms with E-state index in [-0.39, 0.29) is 11.7 Å². The zero-order valence-electron chi connectivity index (χ0n) is 10.9. The second-order valence-electron chi connectivity index (χ2n) is 5.36. The Morgan fingerprint density at radius 3 is 2.84 bits per heavy atom. The molecule has 0 amide bonds. The highest BCUT2D eigenvalue weighted by molar-refractivity contribution is 5.84. The lowest BCUT2D eigenvalue weighted by atomic mass is 10.0. The number of aromatic carboxylic acids is 1. The second-order valence-corrected chi connectivity index (χ2v) is 5.36. The van der Waals surface area contributed by atoms with Crippen molar-refractivity contribution < 1.29 is 14.6 Å². The van der Waals surface area contributed by atoms with Gasteiger partial charge in [0.1, 0.15) is 0 Å². The predicted octanol–water partition coefficient (Wildman–Crippen LogP) is 0.258. The highest BCUT2D eigenvalue weighted by Gasteiger charge is 2.41. The van der Waals surface area contributed by atoms with Crippen LogP contribution >= 0.6 is 0 Å². The van der Waals surface area contributed by atoms with Crippen LogP contribution in [0.15, 0.2) is 6.20 Å². The van der Waals surface area contributed by atoms with Crippen LogP contribution in [0.25, 0.3) is 0 Å². The van der Waals surface area contributed by atoms with Crippen molar-refractivity contribution in [3.05, 3.63) is 11.9 Å². The molecule has 2 aliphatic rings. The van der Waals surface area contributed by atoms with Crippen molar-refractivity contribution in [2.75, 3.05) is 26.8 Å². The number of methoxy groups -OCH3 is 1. The van der Waals surface area contributed by atoms with Gasteiger partial charge in [-0.1, -0.05) is 5.21 Å². The van der Waals surface area contributed by atoms with Crippen molar-refractivity contribution in [2.45, 2.75) is 24.9 Å². The molecule has 0 aromatic carbocycles. The summed E-state index contributed by atoms with van der Waals surface area (Å²) < 4.78 is 6.95. The zero-order valence-corrected chi connectivity index (χ0v) is 10.9. The molecule has 19 heavy (non-hydrogen) atoms. The smallest absolute Gasteiger partial charge is 0.358 e. The molecule has 104 valence electrons. The molecule has 1 saturated heterocycles. The first-order chi connectivity index (χ1) is 9.19. The number of carbonyl (C=O) groups is 1. The Morgan fingerprint density at radius 1 is 1.58 bits per heavy atom. The van der Waals surface area contributed by atoms with Crippen LogP contribution < -0.4 is 0 Å². The number of ether oxygens (including phenoxy) is 1. The summed E-state index contributed by atoms with van der Waals surface area (Å²) in [5.74, 6) is -0.260. The van der Waals surface area contributed by atoms with E-state index in [2.05, 4.69) is 15.2 Å². The summed E-state index contributed by atoms with van der Waals surface area (Å²) >= 11 is 0. The highest BCUT2D eigenvalue weighted by Crippen LogP contribution is 2.38. The molecule has 1 aliphatic carbocycles. The van der Waals surface area contributed by atoms with Crippen molar-refractivity contribution in [1.82, 2.24) is 19.9 Å². The van der Waals surface area contributed by atoms with Crippen LogP contribution in [0.4, 0.5) is 0 Å². The van der Waals surface area contributed by atoms with Gasteiger partial charge in [-0.15, -0.1) is 5.10 Å². The van der Waals surface area contributed by atoms with Crippen LogP contribution in [0.5, 0.6) is 0 Å². The minimum Gasteiger partial charge on any atom is -0.476 e. The van der Waals surface area contributed by atoms with E-state index in [0.29, 0.717) is 6.04 Å². The first-order valence-electron chi connectivity index (χ1n) is 6.57. The van der Waals surface area contributed by atoms with Crippen LogP contribution in [-0.2, 0) is 4.74 Å². The van der Waals surface area contributed by atoms with Crippen LogP contribution in [0, 0.1) is 5.92 Å². The molecule has 1 aromatic heterocycles. The molecule has 1 saturated carbocycles. The molecule has 0 bridgehead atoms. The molecule has 1 atom stereocenters. The van der Waals surface area contributed by atoms with Crippen molar-refractivity contribution in [2.24, 2.45) is 5.92 Å². The van der Waals surface area contributed by atoms with E-state index < -0.39 is 5.97 Å². The second kappa shape index (κ2) is 4.90. The Labute approximate surface area is 111 Å². The maximum atomic E-state index is 10.8. The predicted molar refractivity (Wildman–Crippen MR) is 66.0 cm³/mol. The zero-order chi connectivity index (χ0) is 13.4. The fourth-order valence-electron chi connectivity index (χ4n) is 2.67. The van der Waals surface area contributed by atoms with Gasteiger partial charge in [-0.2, -0.15) is 0 Å². The molecular weight excluding hydrogens is 248 g/mol. The molecule has 3 rings (SSSR count). The average molecular weight is 266 g/mol. The SMILES string of the molecule is COCC(C1CC1)N1CC(n2cc(C(=O)O)nn2)C1.